The molecule has 4 rings (SSSR count). The second kappa shape index (κ2) is 8.86. The summed E-state index contributed by atoms with van der Waals surface area (Å²) in [5.74, 6) is 0. The molecule has 0 fully saturated rings. The molecule has 0 unspecified atom stereocenters. The zero-order chi connectivity index (χ0) is 18.7. The molecule has 0 radical (unpaired) electrons. The molecule has 0 spiro atoms. The van der Waals surface area contributed by atoms with Gasteiger partial charge in [0, 0.05) is 0 Å². The minimum Gasteiger partial charge on any atom is -0.114 e. The van der Waals surface area contributed by atoms with E-state index in [0.29, 0.717) is 0 Å². The van der Waals surface area contributed by atoms with Crippen molar-refractivity contribution in [1.29, 1.82) is 0 Å². The van der Waals surface area contributed by atoms with E-state index in [2.05, 4.69) is 123 Å². The van der Waals surface area contributed by atoms with Crippen molar-refractivity contribution in [2.45, 2.75) is 13.8 Å². The second-order valence-corrected chi connectivity index (χ2v) is 10.3. The first-order valence-corrected chi connectivity index (χ1v) is 11.2. The van der Waals surface area contributed by atoms with Crippen LogP contribution in [-0.2, 0) is 0 Å². The van der Waals surface area contributed by atoms with Gasteiger partial charge in [-0.3, -0.25) is 0 Å². The first-order chi connectivity index (χ1) is 13.2. The monoisotopic (exact) mass is 447 g/mol. The lowest BCUT2D eigenvalue weighted by molar-refractivity contribution is 1.37. The van der Waals surface area contributed by atoms with Gasteiger partial charge in [-0.1, -0.05) is 66.7 Å². The zero-order valence-electron chi connectivity index (χ0n) is 16.2. The fourth-order valence-electron chi connectivity index (χ4n) is 3.92. The topological polar surface area (TPSA) is 0 Å². The Balaban J connectivity index is 0.00000225. The third-order valence-corrected chi connectivity index (χ3v) is 9.79. The summed E-state index contributed by atoms with van der Waals surface area (Å²) >= 11 is 0. The molecule has 0 saturated heterocycles. The molecular formula is C26H25BrP+. The van der Waals surface area contributed by atoms with Crippen LogP contribution in [0.25, 0.3) is 0 Å². The van der Waals surface area contributed by atoms with Gasteiger partial charge in [0.2, 0.25) is 0 Å². The van der Waals surface area contributed by atoms with E-state index in [-0.39, 0.29) is 17.0 Å². The van der Waals surface area contributed by atoms with E-state index < -0.39 is 7.26 Å². The molecular weight excluding hydrogens is 423 g/mol. The van der Waals surface area contributed by atoms with Crippen LogP contribution in [0.4, 0.5) is 0 Å². The number of aryl methyl sites for hydroxylation is 1. The Hall–Kier alpha value is -2.21. The lowest BCUT2D eigenvalue weighted by Crippen LogP contribution is -2.39. The van der Waals surface area contributed by atoms with Crippen molar-refractivity contribution >= 4 is 45.5 Å². The fraction of sp³-hybridized carbons (Fsp3) is 0.0769. The summed E-state index contributed by atoms with van der Waals surface area (Å²) in [7, 11) is -1.97. The summed E-state index contributed by atoms with van der Waals surface area (Å²) in [5.41, 5.74) is 2.74. The third kappa shape index (κ3) is 3.46. The first-order valence-electron chi connectivity index (χ1n) is 9.37. The van der Waals surface area contributed by atoms with Gasteiger partial charge in [0.1, 0.15) is 28.5 Å². The Morgan fingerprint density at radius 1 is 0.464 bits per heavy atom. The van der Waals surface area contributed by atoms with Crippen LogP contribution in [0.3, 0.4) is 0 Å². The molecule has 140 valence electrons. The SMILES string of the molecule is Br.Cc1cccc([P+](c2ccccc2)(c2ccccc2)c2ccccc2)c1C. The molecule has 0 amide bonds. The predicted molar refractivity (Wildman–Crippen MR) is 131 cm³/mol. The molecule has 4 aromatic carbocycles. The van der Waals surface area contributed by atoms with Crippen molar-refractivity contribution in [3.05, 3.63) is 120 Å². The molecule has 0 nitrogen and oxygen atoms in total. The molecule has 0 saturated carbocycles. The van der Waals surface area contributed by atoms with Crippen molar-refractivity contribution in [2.75, 3.05) is 0 Å². The summed E-state index contributed by atoms with van der Waals surface area (Å²) in [6, 6.07) is 39.9. The molecule has 2 heteroatoms. The molecule has 0 aliphatic carbocycles. The van der Waals surface area contributed by atoms with Gasteiger partial charge in [-0.2, -0.15) is 0 Å². The van der Waals surface area contributed by atoms with Crippen LogP contribution in [0.1, 0.15) is 11.1 Å². The van der Waals surface area contributed by atoms with Gasteiger partial charge in [-0.15, -0.1) is 17.0 Å². The predicted octanol–water partition coefficient (Wildman–Crippen LogP) is 5.50. The summed E-state index contributed by atoms with van der Waals surface area (Å²) < 4.78 is 0. The molecule has 0 aliphatic rings. The third-order valence-electron chi connectivity index (χ3n) is 5.37. The minimum atomic E-state index is -1.97. The molecule has 0 N–H and O–H groups in total. The van der Waals surface area contributed by atoms with E-state index in [9.17, 15) is 0 Å². The van der Waals surface area contributed by atoms with E-state index in [1.165, 1.54) is 32.3 Å². The maximum Gasteiger partial charge on any atom is 0.144 e. The Bertz CT molecular complexity index is 931. The van der Waals surface area contributed by atoms with Crippen LogP contribution in [0.2, 0.25) is 0 Å². The van der Waals surface area contributed by atoms with Crippen molar-refractivity contribution in [2.24, 2.45) is 0 Å². The first kappa shape index (κ1) is 20.5. The summed E-state index contributed by atoms with van der Waals surface area (Å²) in [4.78, 5) is 0. The number of hydrogen-bond donors (Lipinski definition) is 0. The molecule has 0 heterocycles. The van der Waals surface area contributed by atoms with E-state index in [1.807, 2.05) is 0 Å². The number of benzene rings is 4. The van der Waals surface area contributed by atoms with Crippen molar-refractivity contribution in [3.8, 4) is 0 Å². The van der Waals surface area contributed by atoms with Crippen LogP contribution in [0.5, 0.6) is 0 Å². The summed E-state index contributed by atoms with van der Waals surface area (Å²) in [6.45, 7) is 4.49. The Kier molecular flexibility index (Phi) is 6.50. The maximum absolute atomic E-state index is 2.34. The second-order valence-electron chi connectivity index (χ2n) is 6.90. The number of halogens is 1. The lowest BCUT2D eigenvalue weighted by atomic mass is 10.1. The van der Waals surface area contributed by atoms with Crippen molar-refractivity contribution in [3.63, 3.8) is 0 Å². The van der Waals surface area contributed by atoms with Gasteiger partial charge in [-0.05, 0) is 67.4 Å². The minimum absolute atomic E-state index is 0. The Morgan fingerprint density at radius 2 is 0.857 bits per heavy atom. The van der Waals surface area contributed by atoms with E-state index in [0.717, 1.165) is 0 Å². The van der Waals surface area contributed by atoms with Gasteiger partial charge in [0.05, 0.1) is 0 Å². The molecule has 0 aliphatic heterocycles. The molecule has 0 atom stereocenters. The largest absolute Gasteiger partial charge is 0.144 e. The van der Waals surface area contributed by atoms with Crippen molar-refractivity contribution in [1.82, 2.24) is 0 Å². The lowest BCUT2D eigenvalue weighted by Gasteiger charge is -2.29. The quantitative estimate of drug-likeness (QED) is 0.362. The van der Waals surface area contributed by atoms with E-state index in [4.69, 9.17) is 0 Å². The molecule has 0 aromatic heterocycles. The zero-order valence-corrected chi connectivity index (χ0v) is 18.9. The molecule has 0 bridgehead atoms. The highest BCUT2D eigenvalue weighted by Gasteiger charge is 2.48. The van der Waals surface area contributed by atoms with E-state index >= 15 is 0 Å². The van der Waals surface area contributed by atoms with Crippen LogP contribution in [-0.4, -0.2) is 0 Å². The molecule has 4 aromatic rings. The van der Waals surface area contributed by atoms with Crippen LogP contribution in [0.15, 0.2) is 109 Å². The van der Waals surface area contributed by atoms with E-state index in [1.54, 1.807) is 0 Å². The van der Waals surface area contributed by atoms with Gasteiger partial charge >= 0.3 is 0 Å². The summed E-state index contributed by atoms with van der Waals surface area (Å²) in [6.07, 6.45) is 0. The van der Waals surface area contributed by atoms with Gasteiger partial charge < -0.3 is 0 Å². The van der Waals surface area contributed by atoms with Gasteiger partial charge in [0.15, 0.2) is 0 Å². The van der Waals surface area contributed by atoms with Crippen LogP contribution in [0, 0.1) is 13.8 Å². The number of hydrogen-bond acceptors (Lipinski definition) is 0. The Labute approximate surface area is 179 Å². The van der Waals surface area contributed by atoms with Crippen LogP contribution < -0.4 is 21.2 Å². The standard InChI is InChI=1S/C26H24P.BrH/c1-21-13-12-20-26(22(21)2)27(23-14-6-3-7-15-23,24-16-8-4-9-17-24)25-18-10-5-11-19-25;/h3-20H,1-2H3;1H/q+1;. The molecule has 28 heavy (non-hydrogen) atoms. The fourth-order valence-corrected chi connectivity index (χ4v) is 8.49. The maximum atomic E-state index is 2.34. The Morgan fingerprint density at radius 3 is 1.25 bits per heavy atom. The van der Waals surface area contributed by atoms with Gasteiger partial charge in [0.25, 0.3) is 0 Å². The van der Waals surface area contributed by atoms with Crippen molar-refractivity contribution < 1.29 is 0 Å². The highest BCUT2D eigenvalue weighted by atomic mass is 79.9. The smallest absolute Gasteiger partial charge is 0.114 e. The van der Waals surface area contributed by atoms with Gasteiger partial charge in [-0.25, -0.2) is 0 Å². The highest BCUT2D eigenvalue weighted by molar-refractivity contribution is 8.93. The van der Waals surface area contributed by atoms with Crippen LogP contribution >= 0.6 is 24.2 Å². The normalized spacial score (nSPS) is 10.9. The number of rotatable bonds is 4. The average Bonchev–Trinajstić information content (AvgIpc) is 2.74. The average molecular weight is 448 g/mol. The highest BCUT2D eigenvalue weighted by Crippen LogP contribution is 2.54. The summed E-state index contributed by atoms with van der Waals surface area (Å²) in [5, 5.41) is 5.65.